The van der Waals surface area contributed by atoms with Crippen molar-refractivity contribution in [3.8, 4) is 0 Å². The first-order valence-electron chi connectivity index (χ1n) is 10.4. The number of aromatic nitrogens is 1. The minimum atomic E-state index is -0.585. The molecule has 1 aromatic heterocycles. The van der Waals surface area contributed by atoms with Crippen LogP contribution in [-0.2, 0) is 9.53 Å². The van der Waals surface area contributed by atoms with Crippen LogP contribution in [0.1, 0.15) is 33.7 Å². The van der Waals surface area contributed by atoms with Crippen molar-refractivity contribution >= 4 is 34.8 Å². The summed E-state index contributed by atoms with van der Waals surface area (Å²) in [6.07, 6.45) is 2.46. The number of carbonyl (C=O) groups is 3. The monoisotopic (exact) mass is 448 g/mol. The van der Waals surface area contributed by atoms with Crippen LogP contribution >= 0.6 is 0 Å². The highest BCUT2D eigenvalue weighted by molar-refractivity contribution is 6.10. The van der Waals surface area contributed by atoms with Gasteiger partial charge in [-0.25, -0.2) is 4.39 Å². The molecule has 3 amide bonds. The topological polar surface area (TPSA) is 109 Å². The number of nitrogens with one attached hydrogen (secondary N) is 3. The average molecular weight is 448 g/mol. The van der Waals surface area contributed by atoms with E-state index in [2.05, 4.69) is 20.9 Å². The maximum absolute atomic E-state index is 13.9. The Hall–Kier alpha value is -4.11. The summed E-state index contributed by atoms with van der Waals surface area (Å²) in [6, 6.07) is 14.9. The standard InChI is InChI=1S/C24H21FN4O4/c25-16-9-10-18(28-23(31)19-7-1-2-11-26-19)20(14-16)29-22(30)15-5-3-6-17(13-15)27-24(32)21-8-4-12-33-21/h1-3,5-7,9-11,13-14,21H,4,8,12H2,(H,27,32)(H,28,31)(H,29,30). The molecule has 0 spiro atoms. The van der Waals surface area contributed by atoms with Crippen molar-refractivity contribution in [2.75, 3.05) is 22.6 Å². The Morgan fingerprint density at radius 1 is 0.909 bits per heavy atom. The van der Waals surface area contributed by atoms with E-state index in [0.717, 1.165) is 12.5 Å². The summed E-state index contributed by atoms with van der Waals surface area (Å²) in [4.78, 5) is 41.5. The largest absolute Gasteiger partial charge is 0.368 e. The molecular weight excluding hydrogens is 427 g/mol. The van der Waals surface area contributed by atoms with Crippen LogP contribution < -0.4 is 16.0 Å². The fraction of sp³-hybridized carbons (Fsp3) is 0.167. The second kappa shape index (κ2) is 10.0. The van der Waals surface area contributed by atoms with Crippen LogP contribution in [0.2, 0.25) is 0 Å². The van der Waals surface area contributed by atoms with E-state index in [1.54, 1.807) is 30.3 Å². The van der Waals surface area contributed by atoms with Gasteiger partial charge in [-0.15, -0.1) is 0 Å². The lowest BCUT2D eigenvalue weighted by molar-refractivity contribution is -0.124. The van der Waals surface area contributed by atoms with Crippen LogP contribution in [0.4, 0.5) is 21.5 Å². The Labute approximate surface area is 189 Å². The molecule has 8 nitrogen and oxygen atoms in total. The molecule has 2 aromatic carbocycles. The smallest absolute Gasteiger partial charge is 0.274 e. The van der Waals surface area contributed by atoms with Crippen molar-refractivity contribution in [2.24, 2.45) is 0 Å². The Bertz CT molecular complexity index is 1180. The van der Waals surface area contributed by atoms with Crippen molar-refractivity contribution in [2.45, 2.75) is 18.9 Å². The van der Waals surface area contributed by atoms with E-state index >= 15 is 0 Å². The molecule has 9 heteroatoms. The number of pyridine rings is 1. The quantitative estimate of drug-likeness (QED) is 0.531. The molecule has 1 saturated heterocycles. The van der Waals surface area contributed by atoms with Crippen LogP contribution in [0.5, 0.6) is 0 Å². The third-order valence-electron chi connectivity index (χ3n) is 4.99. The van der Waals surface area contributed by atoms with E-state index in [4.69, 9.17) is 4.74 Å². The molecule has 1 aliphatic rings. The molecule has 3 N–H and O–H groups in total. The number of hydrogen-bond donors (Lipinski definition) is 3. The fourth-order valence-electron chi connectivity index (χ4n) is 3.35. The molecule has 2 heterocycles. The first-order valence-corrected chi connectivity index (χ1v) is 10.4. The second-order valence-electron chi connectivity index (χ2n) is 7.38. The average Bonchev–Trinajstić information content (AvgIpc) is 3.37. The van der Waals surface area contributed by atoms with E-state index < -0.39 is 23.7 Å². The molecule has 0 aliphatic carbocycles. The number of benzene rings is 2. The van der Waals surface area contributed by atoms with E-state index in [1.165, 1.54) is 30.5 Å². The van der Waals surface area contributed by atoms with Crippen LogP contribution in [0, 0.1) is 5.82 Å². The van der Waals surface area contributed by atoms with Gasteiger partial charge in [-0.05, 0) is 61.4 Å². The summed E-state index contributed by atoms with van der Waals surface area (Å²) in [7, 11) is 0. The SMILES string of the molecule is O=C(Nc1cc(F)ccc1NC(=O)c1ccccn1)c1cccc(NC(=O)C2CCCO2)c1. The minimum Gasteiger partial charge on any atom is -0.368 e. The molecule has 1 unspecified atom stereocenters. The third-order valence-corrected chi connectivity index (χ3v) is 4.99. The number of ether oxygens (including phenoxy) is 1. The van der Waals surface area contributed by atoms with Crippen molar-refractivity contribution in [3.05, 3.63) is 83.9 Å². The molecule has 33 heavy (non-hydrogen) atoms. The van der Waals surface area contributed by atoms with E-state index in [0.29, 0.717) is 18.7 Å². The van der Waals surface area contributed by atoms with Crippen molar-refractivity contribution < 1.29 is 23.5 Å². The number of nitrogens with zero attached hydrogens (tertiary/aromatic N) is 1. The summed E-state index contributed by atoms with van der Waals surface area (Å²) in [6.45, 7) is 0.549. The molecule has 168 valence electrons. The number of rotatable bonds is 6. The van der Waals surface area contributed by atoms with Crippen LogP contribution in [0.25, 0.3) is 0 Å². The highest BCUT2D eigenvalue weighted by Gasteiger charge is 2.23. The van der Waals surface area contributed by atoms with Crippen LogP contribution in [0.15, 0.2) is 66.9 Å². The van der Waals surface area contributed by atoms with Crippen LogP contribution in [-0.4, -0.2) is 35.4 Å². The summed E-state index contributed by atoms with van der Waals surface area (Å²) >= 11 is 0. The van der Waals surface area contributed by atoms with Crippen molar-refractivity contribution in [3.63, 3.8) is 0 Å². The van der Waals surface area contributed by atoms with Gasteiger partial charge >= 0.3 is 0 Å². The van der Waals surface area contributed by atoms with Gasteiger partial charge in [0.15, 0.2) is 0 Å². The Kier molecular flexibility index (Phi) is 6.70. The summed E-state index contributed by atoms with van der Waals surface area (Å²) in [5.41, 5.74) is 1.15. The first-order chi connectivity index (χ1) is 16.0. The van der Waals surface area contributed by atoms with Gasteiger partial charge in [0.1, 0.15) is 17.6 Å². The van der Waals surface area contributed by atoms with Gasteiger partial charge in [-0.2, -0.15) is 0 Å². The Morgan fingerprint density at radius 3 is 2.52 bits per heavy atom. The van der Waals surface area contributed by atoms with Crippen molar-refractivity contribution in [1.29, 1.82) is 0 Å². The highest BCUT2D eigenvalue weighted by atomic mass is 19.1. The lowest BCUT2D eigenvalue weighted by Gasteiger charge is -2.14. The van der Waals surface area contributed by atoms with Gasteiger partial charge in [0, 0.05) is 24.1 Å². The van der Waals surface area contributed by atoms with Gasteiger partial charge in [0.2, 0.25) is 0 Å². The molecule has 1 fully saturated rings. The lowest BCUT2D eigenvalue weighted by atomic mass is 10.1. The molecule has 4 rings (SSSR count). The zero-order valence-corrected chi connectivity index (χ0v) is 17.5. The third kappa shape index (κ3) is 5.58. The second-order valence-corrected chi connectivity index (χ2v) is 7.38. The van der Waals surface area contributed by atoms with Gasteiger partial charge in [0.25, 0.3) is 17.7 Å². The van der Waals surface area contributed by atoms with E-state index in [1.807, 2.05) is 0 Å². The summed E-state index contributed by atoms with van der Waals surface area (Å²) < 4.78 is 19.2. The predicted octanol–water partition coefficient (Wildman–Crippen LogP) is 3.84. The number of anilines is 3. The van der Waals surface area contributed by atoms with E-state index in [9.17, 15) is 18.8 Å². The van der Waals surface area contributed by atoms with E-state index in [-0.39, 0.29) is 28.5 Å². The van der Waals surface area contributed by atoms with Crippen LogP contribution in [0.3, 0.4) is 0 Å². The Morgan fingerprint density at radius 2 is 1.76 bits per heavy atom. The number of amides is 3. The zero-order valence-electron chi connectivity index (χ0n) is 17.5. The summed E-state index contributed by atoms with van der Waals surface area (Å²) in [5.74, 6) is -1.90. The van der Waals surface area contributed by atoms with Gasteiger partial charge < -0.3 is 20.7 Å². The predicted molar refractivity (Wildman–Crippen MR) is 121 cm³/mol. The maximum Gasteiger partial charge on any atom is 0.274 e. The van der Waals surface area contributed by atoms with Gasteiger partial charge in [0.05, 0.1) is 11.4 Å². The number of hydrogen-bond acceptors (Lipinski definition) is 5. The molecular formula is C24H21FN4O4. The van der Waals surface area contributed by atoms with Crippen molar-refractivity contribution in [1.82, 2.24) is 4.98 Å². The normalized spacial score (nSPS) is 15.0. The maximum atomic E-state index is 13.9. The highest BCUT2D eigenvalue weighted by Crippen LogP contribution is 2.25. The first kappa shape index (κ1) is 22.1. The molecule has 0 radical (unpaired) electrons. The zero-order chi connectivity index (χ0) is 23.2. The molecule has 0 saturated carbocycles. The molecule has 0 bridgehead atoms. The molecule has 1 aliphatic heterocycles. The van der Waals surface area contributed by atoms with Gasteiger partial charge in [-0.1, -0.05) is 12.1 Å². The molecule has 1 atom stereocenters. The Balaban J connectivity index is 1.48. The fourth-order valence-corrected chi connectivity index (χ4v) is 3.35. The lowest BCUT2D eigenvalue weighted by Crippen LogP contribution is -2.27. The minimum absolute atomic E-state index is 0.0816. The summed E-state index contributed by atoms with van der Waals surface area (Å²) in [5, 5.41) is 7.97. The number of halogens is 1. The number of carbonyl (C=O) groups excluding carboxylic acids is 3. The van der Waals surface area contributed by atoms with Gasteiger partial charge in [-0.3, -0.25) is 19.4 Å². The molecule has 3 aromatic rings.